The lowest BCUT2D eigenvalue weighted by Gasteiger charge is -2.42. The van der Waals surface area contributed by atoms with Crippen LogP contribution in [0.5, 0.6) is 11.5 Å². The van der Waals surface area contributed by atoms with Gasteiger partial charge in [-0.25, -0.2) is 9.79 Å². The molecule has 1 aromatic heterocycles. The molecule has 0 spiro atoms. The second kappa shape index (κ2) is 14.6. The van der Waals surface area contributed by atoms with Crippen molar-refractivity contribution in [1.82, 2.24) is 0 Å². The number of phenols is 1. The van der Waals surface area contributed by atoms with Crippen molar-refractivity contribution in [2.75, 3.05) is 6.54 Å². The Kier molecular flexibility index (Phi) is 9.90. The summed E-state index contributed by atoms with van der Waals surface area (Å²) < 4.78 is 22.4. The average molecular weight is 743 g/mol. The number of phenolic OH excluding ortho intramolecular Hbond substituents is 1. The lowest BCUT2D eigenvalue weighted by atomic mass is 9.98. The monoisotopic (exact) mass is 742 g/mol. The highest BCUT2D eigenvalue weighted by Gasteiger charge is 2.53. The molecule has 4 heterocycles. The van der Waals surface area contributed by atoms with Gasteiger partial charge in [-0.2, -0.15) is 9.90 Å². The summed E-state index contributed by atoms with van der Waals surface area (Å²) in [4.78, 5) is 47.4. The third-order valence-corrected chi connectivity index (χ3v) is 9.16. The number of nitrogens with one attached hydrogen (secondary N) is 1. The molecule has 16 heteroatoms. The highest BCUT2D eigenvalue weighted by molar-refractivity contribution is 5.95. The number of aliphatic hydroxyl groups is 4. The number of carboxylic acid groups (broad SMARTS) is 1. The Morgan fingerprint density at radius 3 is 2.41 bits per heavy atom. The van der Waals surface area contributed by atoms with Gasteiger partial charge in [0.1, 0.15) is 47.8 Å². The molecule has 8 atom stereocenters. The van der Waals surface area contributed by atoms with E-state index in [1.54, 1.807) is 18.3 Å². The van der Waals surface area contributed by atoms with Gasteiger partial charge in [0, 0.05) is 23.4 Å². The average Bonchev–Trinajstić information content (AvgIpc) is 3.72. The van der Waals surface area contributed by atoms with Gasteiger partial charge in [0.2, 0.25) is 18.7 Å². The van der Waals surface area contributed by atoms with E-state index in [0.29, 0.717) is 22.0 Å². The number of allylic oxidation sites excluding steroid dienone is 1. The molecule has 3 aromatic carbocycles. The smallest absolute Gasteiger partial charge is 0.343 e. The zero-order chi connectivity index (χ0) is 38.4. The number of carbonyl (C=O) groups is 2. The largest absolute Gasteiger partial charge is 0.547 e. The van der Waals surface area contributed by atoms with E-state index < -0.39 is 55.0 Å². The van der Waals surface area contributed by atoms with Crippen molar-refractivity contribution in [1.29, 1.82) is 0 Å². The number of fused-ring (bicyclic) bond motifs is 2. The first-order valence-electron chi connectivity index (χ1n) is 16.7. The highest BCUT2D eigenvalue weighted by Crippen LogP contribution is 2.33. The summed E-state index contributed by atoms with van der Waals surface area (Å²) in [5, 5.41) is 64.1. The first-order valence-corrected chi connectivity index (χ1v) is 16.7. The zero-order valence-corrected chi connectivity index (χ0v) is 28.6. The SMILES string of the molecule is Cc1cc(C)cc(C2=C3N=CC=C3C[NH+]2O[C@H]2[C@@H](Oc3ccc4c(=O)c(-c5ccc(O)cc5)coc4c3)O[C@@H]([C@@H](O)OC(=O)[C@H](O)C(=O)[O-])[C@H](O)[C@H]2O)c1. The van der Waals surface area contributed by atoms with Crippen LogP contribution in [0.3, 0.4) is 0 Å². The second-order valence-electron chi connectivity index (χ2n) is 13.1. The van der Waals surface area contributed by atoms with Gasteiger partial charge in [-0.15, -0.1) is 0 Å². The summed E-state index contributed by atoms with van der Waals surface area (Å²) in [6.45, 7) is 4.13. The van der Waals surface area contributed by atoms with Crippen LogP contribution in [0.25, 0.3) is 27.8 Å². The Hall–Kier alpha value is -5.72. The minimum absolute atomic E-state index is 0.0244. The van der Waals surface area contributed by atoms with Gasteiger partial charge >= 0.3 is 5.97 Å². The summed E-state index contributed by atoms with van der Waals surface area (Å²) in [5.74, 6) is -3.96. The third kappa shape index (κ3) is 7.02. The quantitative estimate of drug-likeness (QED) is 0.0660. The second-order valence-corrected chi connectivity index (χ2v) is 13.1. The van der Waals surface area contributed by atoms with E-state index in [1.807, 2.05) is 38.1 Å². The molecular formula is C38H34N2O14. The Balaban J connectivity index is 1.22. The van der Waals surface area contributed by atoms with E-state index in [2.05, 4.69) is 9.73 Å². The molecular weight excluding hydrogens is 708 g/mol. The van der Waals surface area contributed by atoms with Gasteiger partial charge in [-0.1, -0.05) is 29.3 Å². The molecule has 3 aliphatic rings. The molecule has 0 aliphatic carbocycles. The number of esters is 1. The van der Waals surface area contributed by atoms with Crippen LogP contribution in [0, 0.1) is 13.8 Å². The minimum Gasteiger partial charge on any atom is -0.547 e. The first-order chi connectivity index (χ1) is 25.8. The number of carboxylic acids is 1. The standard InChI is InChI=1S/C38H34N2O14/c1-17-11-18(2)13-21(12-17)28-27-20(9-10-39-27)15-40(28)54-34-31(44)30(43)33(37(49)53-36(48)32(45)35(46)47)52-38(34)51-23-7-8-24-26(14-23)50-16-25(29(24)42)19-3-5-22(41)6-4-19/h3-14,16,30-34,37-38,41,43-45,49H,15H2,1-2H3,(H,46,47)/t30-,31-,32-,33-,34-,37+,38+/m1/s1. The fourth-order valence-corrected chi connectivity index (χ4v) is 6.63. The summed E-state index contributed by atoms with van der Waals surface area (Å²) in [6.07, 6.45) is -9.50. The van der Waals surface area contributed by atoms with E-state index in [0.717, 1.165) is 22.3 Å². The predicted molar refractivity (Wildman–Crippen MR) is 184 cm³/mol. The van der Waals surface area contributed by atoms with Crippen LogP contribution in [-0.4, -0.2) is 93.3 Å². The molecule has 0 bridgehead atoms. The zero-order valence-electron chi connectivity index (χ0n) is 28.6. The number of hydrogen-bond donors (Lipinski definition) is 6. The highest BCUT2D eigenvalue weighted by atomic mass is 16.8. The number of hydrogen-bond acceptors (Lipinski definition) is 15. The molecule has 6 N–H and O–H groups in total. The van der Waals surface area contributed by atoms with Crippen LogP contribution in [0.1, 0.15) is 16.7 Å². The van der Waals surface area contributed by atoms with Crippen molar-refractivity contribution in [2.45, 2.75) is 56.9 Å². The molecule has 7 rings (SSSR count). The number of aliphatic imine (C=N–C) groups is 1. The van der Waals surface area contributed by atoms with Crippen LogP contribution in [0.15, 0.2) is 98.5 Å². The normalized spacial score (nSPS) is 24.6. The van der Waals surface area contributed by atoms with Gasteiger partial charge in [-0.3, -0.25) is 4.79 Å². The van der Waals surface area contributed by atoms with E-state index in [-0.39, 0.29) is 40.0 Å². The number of carbonyl (C=O) groups excluding carboxylic acids is 2. The minimum atomic E-state index is -2.76. The van der Waals surface area contributed by atoms with Crippen molar-refractivity contribution >= 4 is 34.8 Å². The number of ether oxygens (including phenoxy) is 3. The van der Waals surface area contributed by atoms with Gasteiger partial charge in [0.05, 0.1) is 16.9 Å². The van der Waals surface area contributed by atoms with Crippen molar-refractivity contribution in [3.63, 3.8) is 0 Å². The van der Waals surface area contributed by atoms with E-state index >= 15 is 0 Å². The summed E-state index contributed by atoms with van der Waals surface area (Å²) in [7, 11) is 0. The predicted octanol–water partition coefficient (Wildman–Crippen LogP) is -0.841. The molecule has 16 nitrogen and oxygen atoms in total. The Morgan fingerprint density at radius 1 is 0.981 bits per heavy atom. The Bertz CT molecular complexity index is 2260. The summed E-state index contributed by atoms with van der Waals surface area (Å²) in [6, 6.07) is 16.1. The maximum absolute atomic E-state index is 13.4. The van der Waals surface area contributed by atoms with Crippen LogP contribution in [-0.2, 0) is 23.9 Å². The molecule has 1 fully saturated rings. The molecule has 280 valence electrons. The fourth-order valence-electron chi connectivity index (χ4n) is 6.63. The summed E-state index contributed by atoms with van der Waals surface area (Å²) in [5.41, 5.74) is 5.32. The number of benzene rings is 3. The maximum atomic E-state index is 13.4. The lowest BCUT2D eigenvalue weighted by molar-refractivity contribution is -1.04. The van der Waals surface area contributed by atoms with Gasteiger partial charge in [-0.05, 0) is 61.9 Å². The molecule has 1 saturated heterocycles. The summed E-state index contributed by atoms with van der Waals surface area (Å²) >= 11 is 0. The Labute approximate surface area is 305 Å². The van der Waals surface area contributed by atoms with Crippen molar-refractivity contribution in [3.05, 3.63) is 111 Å². The number of aliphatic hydroxyl groups excluding tert-OH is 4. The lowest BCUT2D eigenvalue weighted by Crippen LogP contribution is -3.08. The van der Waals surface area contributed by atoms with Crippen LogP contribution in [0.2, 0.25) is 0 Å². The molecule has 0 radical (unpaired) electrons. The number of nitrogens with zero attached hydrogens (tertiary/aromatic N) is 1. The van der Waals surface area contributed by atoms with E-state index in [4.69, 9.17) is 18.7 Å². The number of aryl methyl sites for hydroxylation is 2. The van der Waals surface area contributed by atoms with E-state index in [9.17, 15) is 45.0 Å². The fraction of sp³-hybridized carbons (Fsp3) is 0.263. The van der Waals surface area contributed by atoms with Crippen LogP contribution in [0.4, 0.5) is 0 Å². The third-order valence-electron chi connectivity index (χ3n) is 9.16. The molecule has 4 aromatic rings. The number of quaternary nitrogens is 1. The van der Waals surface area contributed by atoms with Crippen molar-refractivity contribution in [3.8, 4) is 22.6 Å². The molecule has 1 unspecified atom stereocenters. The molecule has 0 amide bonds. The maximum Gasteiger partial charge on any atom is 0.343 e. The van der Waals surface area contributed by atoms with Gasteiger partial charge in [0.25, 0.3) is 0 Å². The van der Waals surface area contributed by atoms with E-state index in [1.165, 1.54) is 36.6 Å². The van der Waals surface area contributed by atoms with Gasteiger partial charge in [0.15, 0.2) is 23.3 Å². The van der Waals surface area contributed by atoms with Crippen LogP contribution < -0.4 is 20.3 Å². The van der Waals surface area contributed by atoms with Crippen molar-refractivity contribution < 1.29 is 68.8 Å². The van der Waals surface area contributed by atoms with Crippen LogP contribution >= 0.6 is 0 Å². The molecule has 0 saturated carbocycles. The number of rotatable bonds is 10. The number of aliphatic carboxylic acids is 1. The van der Waals surface area contributed by atoms with Crippen molar-refractivity contribution in [2.24, 2.45) is 4.99 Å². The molecule has 3 aliphatic heterocycles. The topological polar surface area (TPSA) is 242 Å². The number of hydroxylamine groups is 2. The first kappa shape index (κ1) is 36.6. The number of aromatic hydroxyl groups is 1. The van der Waals surface area contributed by atoms with Gasteiger partial charge < -0.3 is 54.1 Å². The Morgan fingerprint density at radius 2 is 1.70 bits per heavy atom. The molecule has 54 heavy (non-hydrogen) atoms.